The van der Waals surface area contributed by atoms with Gasteiger partial charge in [0.1, 0.15) is 5.69 Å². The van der Waals surface area contributed by atoms with Gasteiger partial charge in [0.25, 0.3) is 0 Å². The molecule has 0 aromatic carbocycles. The van der Waals surface area contributed by atoms with Gasteiger partial charge in [0.05, 0.1) is 31.6 Å². The Labute approximate surface area is 125 Å². The van der Waals surface area contributed by atoms with Crippen LogP contribution in [-0.2, 0) is 13.6 Å². The maximum absolute atomic E-state index is 6.45. The summed E-state index contributed by atoms with van der Waals surface area (Å²) < 4.78 is 9.11. The van der Waals surface area contributed by atoms with E-state index >= 15 is 0 Å². The Bertz CT molecular complexity index is 601. The van der Waals surface area contributed by atoms with Gasteiger partial charge in [-0.05, 0) is 21.0 Å². The zero-order chi connectivity index (χ0) is 15.6. The van der Waals surface area contributed by atoms with Crippen molar-refractivity contribution in [3.05, 3.63) is 29.3 Å². The lowest BCUT2D eigenvalue weighted by Crippen LogP contribution is -2.24. The first-order chi connectivity index (χ1) is 9.93. The molecule has 1 atom stereocenters. The number of ether oxygens (including phenoxy) is 1. The summed E-state index contributed by atoms with van der Waals surface area (Å²) in [6.45, 7) is 3.61. The molecule has 0 spiro atoms. The van der Waals surface area contributed by atoms with Crippen molar-refractivity contribution in [2.75, 3.05) is 27.7 Å². The SMILES string of the molecule is COc1cnn(CCN(C)C)c1C(N)c1cn(C)nc1C. The summed E-state index contributed by atoms with van der Waals surface area (Å²) in [7, 11) is 7.60. The number of nitrogens with zero attached hydrogens (tertiary/aromatic N) is 5. The molecule has 7 heteroatoms. The normalized spacial score (nSPS) is 12.9. The summed E-state index contributed by atoms with van der Waals surface area (Å²) >= 11 is 0. The van der Waals surface area contributed by atoms with E-state index in [-0.39, 0.29) is 6.04 Å². The summed E-state index contributed by atoms with van der Waals surface area (Å²) in [5, 5.41) is 8.76. The number of hydrogen-bond acceptors (Lipinski definition) is 5. The second-order valence-corrected chi connectivity index (χ2v) is 5.45. The Morgan fingerprint density at radius 2 is 2.14 bits per heavy atom. The number of rotatable bonds is 6. The zero-order valence-electron chi connectivity index (χ0n) is 13.4. The van der Waals surface area contributed by atoms with E-state index in [9.17, 15) is 0 Å². The van der Waals surface area contributed by atoms with Gasteiger partial charge in [0.2, 0.25) is 0 Å². The van der Waals surface area contributed by atoms with Crippen LogP contribution in [0, 0.1) is 6.92 Å². The molecule has 0 fully saturated rings. The van der Waals surface area contributed by atoms with Crippen LogP contribution < -0.4 is 10.5 Å². The second kappa shape index (κ2) is 6.28. The first kappa shape index (κ1) is 15.5. The van der Waals surface area contributed by atoms with Crippen molar-refractivity contribution in [2.45, 2.75) is 19.5 Å². The number of methoxy groups -OCH3 is 1. The lowest BCUT2D eigenvalue weighted by Gasteiger charge is -2.17. The van der Waals surface area contributed by atoms with Gasteiger partial charge in [-0.2, -0.15) is 10.2 Å². The minimum Gasteiger partial charge on any atom is -0.493 e. The van der Waals surface area contributed by atoms with Gasteiger partial charge in [0.15, 0.2) is 5.75 Å². The molecule has 21 heavy (non-hydrogen) atoms. The standard InChI is InChI=1S/C14H24N6O/c1-10-11(9-19(4)17-10)13(15)14-12(21-5)8-16-20(14)7-6-18(2)3/h8-9,13H,6-7,15H2,1-5H3. The number of likely N-dealkylation sites (N-methyl/N-ethyl adjacent to an activating group) is 1. The van der Waals surface area contributed by atoms with Gasteiger partial charge in [0, 0.05) is 25.4 Å². The van der Waals surface area contributed by atoms with Gasteiger partial charge in [-0.1, -0.05) is 0 Å². The molecular formula is C14H24N6O. The quantitative estimate of drug-likeness (QED) is 0.841. The summed E-state index contributed by atoms with van der Waals surface area (Å²) in [4.78, 5) is 2.11. The van der Waals surface area contributed by atoms with Crippen LogP contribution >= 0.6 is 0 Å². The van der Waals surface area contributed by atoms with Gasteiger partial charge >= 0.3 is 0 Å². The minimum atomic E-state index is -0.307. The number of aromatic nitrogens is 4. The van der Waals surface area contributed by atoms with Crippen LogP contribution in [0.2, 0.25) is 0 Å². The van der Waals surface area contributed by atoms with Crippen LogP contribution in [0.5, 0.6) is 5.75 Å². The Hall–Kier alpha value is -1.86. The molecule has 7 nitrogen and oxygen atoms in total. The van der Waals surface area contributed by atoms with E-state index in [2.05, 4.69) is 15.1 Å². The largest absolute Gasteiger partial charge is 0.493 e. The van der Waals surface area contributed by atoms with E-state index in [1.165, 1.54) is 0 Å². The van der Waals surface area contributed by atoms with Gasteiger partial charge in [-0.25, -0.2) is 0 Å². The highest BCUT2D eigenvalue weighted by Gasteiger charge is 2.23. The highest BCUT2D eigenvalue weighted by Crippen LogP contribution is 2.29. The van der Waals surface area contributed by atoms with Crippen molar-refractivity contribution in [1.29, 1.82) is 0 Å². The molecule has 2 heterocycles. The van der Waals surface area contributed by atoms with Crippen LogP contribution in [0.4, 0.5) is 0 Å². The van der Waals surface area contributed by atoms with E-state index in [1.807, 2.05) is 38.9 Å². The van der Waals surface area contributed by atoms with Gasteiger partial charge in [-0.15, -0.1) is 0 Å². The number of hydrogen-bond donors (Lipinski definition) is 1. The van der Waals surface area contributed by atoms with E-state index in [1.54, 1.807) is 18.0 Å². The Kier molecular flexibility index (Phi) is 4.64. The van der Waals surface area contributed by atoms with Crippen molar-refractivity contribution in [3.63, 3.8) is 0 Å². The summed E-state index contributed by atoms with van der Waals surface area (Å²) in [5.74, 6) is 0.713. The maximum Gasteiger partial charge on any atom is 0.161 e. The molecule has 2 aromatic heterocycles. The van der Waals surface area contributed by atoms with Crippen LogP contribution in [-0.4, -0.2) is 52.2 Å². The molecule has 0 aliphatic heterocycles. The fraction of sp³-hybridized carbons (Fsp3) is 0.571. The van der Waals surface area contributed by atoms with Gasteiger partial charge in [-0.3, -0.25) is 9.36 Å². The molecule has 0 saturated heterocycles. The van der Waals surface area contributed by atoms with Crippen molar-refractivity contribution in [1.82, 2.24) is 24.5 Å². The lowest BCUT2D eigenvalue weighted by atomic mass is 10.1. The second-order valence-electron chi connectivity index (χ2n) is 5.45. The topological polar surface area (TPSA) is 74.1 Å². The smallest absolute Gasteiger partial charge is 0.161 e. The summed E-state index contributed by atoms with van der Waals surface area (Å²) in [5.41, 5.74) is 9.25. The summed E-state index contributed by atoms with van der Waals surface area (Å²) in [6.07, 6.45) is 3.67. The van der Waals surface area contributed by atoms with E-state index < -0.39 is 0 Å². The Morgan fingerprint density at radius 1 is 1.43 bits per heavy atom. The minimum absolute atomic E-state index is 0.307. The molecule has 0 radical (unpaired) electrons. The first-order valence-corrected chi connectivity index (χ1v) is 6.94. The third-order valence-electron chi connectivity index (χ3n) is 3.50. The summed E-state index contributed by atoms with van der Waals surface area (Å²) in [6, 6.07) is -0.307. The van der Waals surface area contributed by atoms with E-state index in [4.69, 9.17) is 10.5 Å². The van der Waals surface area contributed by atoms with Crippen LogP contribution in [0.15, 0.2) is 12.4 Å². The molecule has 0 saturated carbocycles. The van der Waals surface area contributed by atoms with Crippen LogP contribution in [0.1, 0.15) is 23.0 Å². The molecule has 2 rings (SSSR count). The molecule has 2 N–H and O–H groups in total. The monoisotopic (exact) mass is 292 g/mol. The maximum atomic E-state index is 6.45. The van der Waals surface area contributed by atoms with Crippen molar-refractivity contribution in [2.24, 2.45) is 12.8 Å². The molecule has 2 aromatic rings. The van der Waals surface area contributed by atoms with Crippen molar-refractivity contribution in [3.8, 4) is 5.75 Å². The molecular weight excluding hydrogens is 268 g/mol. The molecule has 116 valence electrons. The predicted octanol–water partition coefficient (Wildman–Crippen LogP) is 0.543. The average Bonchev–Trinajstić information content (AvgIpc) is 2.98. The highest BCUT2D eigenvalue weighted by atomic mass is 16.5. The molecule has 1 unspecified atom stereocenters. The third-order valence-corrected chi connectivity index (χ3v) is 3.50. The fourth-order valence-corrected chi connectivity index (χ4v) is 2.39. The lowest BCUT2D eigenvalue weighted by molar-refractivity contribution is 0.363. The van der Waals surface area contributed by atoms with Crippen LogP contribution in [0.25, 0.3) is 0 Å². The van der Waals surface area contributed by atoms with Crippen molar-refractivity contribution >= 4 is 0 Å². The fourth-order valence-electron chi connectivity index (χ4n) is 2.39. The predicted molar refractivity (Wildman–Crippen MR) is 81.3 cm³/mol. The molecule has 0 amide bonds. The molecule has 0 aliphatic carbocycles. The zero-order valence-corrected chi connectivity index (χ0v) is 13.4. The average molecular weight is 292 g/mol. The van der Waals surface area contributed by atoms with Crippen LogP contribution in [0.3, 0.4) is 0 Å². The van der Waals surface area contributed by atoms with E-state index in [0.29, 0.717) is 5.75 Å². The van der Waals surface area contributed by atoms with Gasteiger partial charge < -0.3 is 15.4 Å². The van der Waals surface area contributed by atoms with Crippen molar-refractivity contribution < 1.29 is 4.74 Å². The Morgan fingerprint density at radius 3 is 2.67 bits per heavy atom. The van der Waals surface area contributed by atoms with E-state index in [0.717, 1.165) is 30.0 Å². The first-order valence-electron chi connectivity index (χ1n) is 6.94. The third kappa shape index (κ3) is 3.25. The number of nitrogens with two attached hydrogens (primary N) is 1. The molecule has 0 bridgehead atoms. The number of aryl methyl sites for hydroxylation is 2. The highest BCUT2D eigenvalue weighted by molar-refractivity contribution is 5.36. The molecule has 0 aliphatic rings. The Balaban J connectivity index is 2.36.